The number of carbonyl (C=O) groups is 1. The van der Waals surface area contributed by atoms with Crippen LogP contribution in [0, 0.1) is 17.6 Å². The van der Waals surface area contributed by atoms with E-state index in [1.807, 2.05) is 13.8 Å². The summed E-state index contributed by atoms with van der Waals surface area (Å²) in [6.45, 7) is 5.51. The Hall–Kier alpha value is -1.65. The van der Waals surface area contributed by atoms with Crippen molar-refractivity contribution in [1.29, 1.82) is 0 Å². The maximum Gasteiger partial charge on any atom is 0.254 e. The number of carbonyl (C=O) groups excluding carboxylic acids is 1. The van der Waals surface area contributed by atoms with E-state index >= 15 is 0 Å². The lowest BCUT2D eigenvalue weighted by Gasteiger charge is -2.21. The van der Waals surface area contributed by atoms with Crippen LogP contribution in [0.3, 0.4) is 0 Å². The van der Waals surface area contributed by atoms with E-state index < -0.39 is 11.6 Å². The number of amides is 1. The second-order valence-corrected chi connectivity index (χ2v) is 5.53. The third kappa shape index (κ3) is 3.93. The van der Waals surface area contributed by atoms with Crippen molar-refractivity contribution in [2.45, 2.75) is 33.1 Å². The first-order valence-corrected chi connectivity index (χ1v) is 7.59. The average molecular weight is 296 g/mol. The quantitative estimate of drug-likeness (QED) is 0.833. The SMILES string of the molecule is CCCNc1c(F)cc(C(=O)N(CC)CC2CC2)cc1F. The van der Waals surface area contributed by atoms with Crippen LogP contribution in [-0.2, 0) is 0 Å². The summed E-state index contributed by atoms with van der Waals surface area (Å²) in [5, 5.41) is 2.71. The summed E-state index contributed by atoms with van der Waals surface area (Å²) in [4.78, 5) is 14.0. The summed E-state index contributed by atoms with van der Waals surface area (Å²) < 4.78 is 27.9. The molecule has 0 bridgehead atoms. The first-order chi connectivity index (χ1) is 10.1. The van der Waals surface area contributed by atoms with E-state index in [2.05, 4.69) is 5.32 Å². The first-order valence-electron chi connectivity index (χ1n) is 7.59. The molecule has 1 saturated carbocycles. The molecule has 1 aliphatic carbocycles. The van der Waals surface area contributed by atoms with Crippen molar-refractivity contribution in [1.82, 2.24) is 4.90 Å². The highest BCUT2D eigenvalue weighted by Gasteiger charge is 2.27. The number of halogens is 2. The Morgan fingerprint density at radius 2 is 1.90 bits per heavy atom. The smallest absolute Gasteiger partial charge is 0.254 e. The molecule has 21 heavy (non-hydrogen) atoms. The lowest BCUT2D eigenvalue weighted by Crippen LogP contribution is -2.32. The highest BCUT2D eigenvalue weighted by molar-refractivity contribution is 5.94. The van der Waals surface area contributed by atoms with Gasteiger partial charge in [0.25, 0.3) is 5.91 Å². The Kier molecular flexibility index (Phi) is 5.15. The van der Waals surface area contributed by atoms with Crippen LogP contribution in [0.1, 0.15) is 43.5 Å². The summed E-state index contributed by atoms with van der Waals surface area (Å²) in [7, 11) is 0. The van der Waals surface area contributed by atoms with Crippen LogP contribution in [0.15, 0.2) is 12.1 Å². The molecule has 5 heteroatoms. The molecule has 1 amide bonds. The number of hydrogen-bond acceptors (Lipinski definition) is 2. The van der Waals surface area contributed by atoms with Gasteiger partial charge < -0.3 is 10.2 Å². The van der Waals surface area contributed by atoms with Crippen molar-refractivity contribution in [2.75, 3.05) is 25.0 Å². The van der Waals surface area contributed by atoms with Crippen LogP contribution in [0.25, 0.3) is 0 Å². The van der Waals surface area contributed by atoms with E-state index in [0.717, 1.165) is 31.4 Å². The van der Waals surface area contributed by atoms with Crippen molar-refractivity contribution in [2.24, 2.45) is 5.92 Å². The van der Waals surface area contributed by atoms with Crippen molar-refractivity contribution < 1.29 is 13.6 Å². The second kappa shape index (κ2) is 6.87. The Morgan fingerprint density at radius 1 is 1.29 bits per heavy atom. The van der Waals surface area contributed by atoms with Gasteiger partial charge in [-0.25, -0.2) is 8.78 Å². The number of nitrogens with one attached hydrogen (secondary N) is 1. The summed E-state index contributed by atoms with van der Waals surface area (Å²) in [5.41, 5.74) is -0.0758. The van der Waals surface area contributed by atoms with Gasteiger partial charge in [0.1, 0.15) is 17.3 Å². The number of benzene rings is 1. The standard InChI is InChI=1S/C16H22F2N2O/c1-3-7-19-15-13(17)8-12(9-14(15)18)16(21)20(4-2)10-11-5-6-11/h8-9,11,19H,3-7,10H2,1-2H3. The molecule has 0 spiro atoms. The van der Waals surface area contributed by atoms with Crippen molar-refractivity contribution >= 4 is 11.6 Å². The Labute approximate surface area is 124 Å². The van der Waals surface area contributed by atoms with Gasteiger partial charge in [-0.1, -0.05) is 6.92 Å². The van der Waals surface area contributed by atoms with E-state index in [1.165, 1.54) is 0 Å². The van der Waals surface area contributed by atoms with Gasteiger partial charge in [0, 0.05) is 25.2 Å². The fourth-order valence-corrected chi connectivity index (χ4v) is 2.27. The minimum atomic E-state index is -0.714. The highest BCUT2D eigenvalue weighted by atomic mass is 19.1. The van der Waals surface area contributed by atoms with Crippen LogP contribution in [0.2, 0.25) is 0 Å². The van der Waals surface area contributed by atoms with Crippen LogP contribution in [0.5, 0.6) is 0 Å². The van der Waals surface area contributed by atoms with Gasteiger partial charge in [0.15, 0.2) is 0 Å². The topological polar surface area (TPSA) is 32.3 Å². The van der Waals surface area contributed by atoms with Gasteiger partial charge in [0.2, 0.25) is 0 Å². The van der Waals surface area contributed by atoms with Gasteiger partial charge in [-0.3, -0.25) is 4.79 Å². The molecule has 1 aromatic rings. The number of rotatable bonds is 7. The van der Waals surface area contributed by atoms with E-state index in [0.29, 0.717) is 25.6 Å². The van der Waals surface area contributed by atoms with Crippen LogP contribution < -0.4 is 5.32 Å². The summed E-state index contributed by atoms with van der Waals surface area (Å²) in [6.07, 6.45) is 3.03. The fraction of sp³-hybridized carbons (Fsp3) is 0.562. The van der Waals surface area contributed by atoms with Crippen LogP contribution >= 0.6 is 0 Å². The zero-order chi connectivity index (χ0) is 15.4. The van der Waals surface area contributed by atoms with Gasteiger partial charge in [0.05, 0.1) is 0 Å². The number of nitrogens with zero attached hydrogens (tertiary/aromatic N) is 1. The normalized spacial score (nSPS) is 14.1. The average Bonchev–Trinajstić information content (AvgIpc) is 3.27. The Balaban J connectivity index is 2.16. The second-order valence-electron chi connectivity index (χ2n) is 5.53. The molecule has 0 saturated heterocycles. The van der Waals surface area contributed by atoms with Crippen LogP contribution in [0.4, 0.5) is 14.5 Å². The molecule has 0 heterocycles. The maximum atomic E-state index is 14.0. The fourth-order valence-electron chi connectivity index (χ4n) is 2.27. The zero-order valence-electron chi connectivity index (χ0n) is 12.6. The lowest BCUT2D eigenvalue weighted by atomic mass is 10.1. The molecule has 0 aromatic heterocycles. The number of anilines is 1. The minimum Gasteiger partial charge on any atom is -0.380 e. The monoisotopic (exact) mass is 296 g/mol. The van der Waals surface area contributed by atoms with Gasteiger partial charge in [-0.15, -0.1) is 0 Å². The molecule has 0 unspecified atom stereocenters. The largest absolute Gasteiger partial charge is 0.380 e. The van der Waals surface area contributed by atoms with E-state index in [1.54, 1.807) is 4.90 Å². The molecule has 3 nitrogen and oxygen atoms in total. The van der Waals surface area contributed by atoms with Gasteiger partial charge in [-0.05, 0) is 44.2 Å². The minimum absolute atomic E-state index is 0.0783. The van der Waals surface area contributed by atoms with Crippen molar-refractivity contribution in [3.05, 3.63) is 29.3 Å². The third-order valence-corrected chi connectivity index (χ3v) is 3.69. The maximum absolute atomic E-state index is 14.0. The van der Waals surface area contributed by atoms with E-state index in [-0.39, 0.29) is 17.2 Å². The van der Waals surface area contributed by atoms with E-state index in [4.69, 9.17) is 0 Å². The zero-order valence-corrected chi connectivity index (χ0v) is 12.6. The molecule has 116 valence electrons. The van der Waals surface area contributed by atoms with Gasteiger partial charge >= 0.3 is 0 Å². The van der Waals surface area contributed by atoms with Crippen molar-refractivity contribution in [3.63, 3.8) is 0 Å². The molecule has 0 radical (unpaired) electrons. The summed E-state index contributed by atoms with van der Waals surface area (Å²) in [6, 6.07) is 2.25. The predicted molar refractivity (Wildman–Crippen MR) is 79.4 cm³/mol. The predicted octanol–water partition coefficient (Wildman–Crippen LogP) is 3.66. The summed E-state index contributed by atoms with van der Waals surface area (Å²) in [5.74, 6) is -1.18. The Bertz CT molecular complexity index is 492. The Morgan fingerprint density at radius 3 is 2.38 bits per heavy atom. The number of hydrogen-bond donors (Lipinski definition) is 1. The molecule has 1 aromatic carbocycles. The van der Waals surface area contributed by atoms with Crippen LogP contribution in [-0.4, -0.2) is 30.4 Å². The summed E-state index contributed by atoms with van der Waals surface area (Å²) >= 11 is 0. The molecule has 1 fully saturated rings. The van der Waals surface area contributed by atoms with E-state index in [9.17, 15) is 13.6 Å². The lowest BCUT2D eigenvalue weighted by molar-refractivity contribution is 0.0756. The van der Waals surface area contributed by atoms with Crippen molar-refractivity contribution in [3.8, 4) is 0 Å². The first kappa shape index (κ1) is 15.7. The molecule has 1 N–H and O–H groups in total. The molecule has 0 aliphatic heterocycles. The molecule has 2 rings (SSSR count). The highest BCUT2D eigenvalue weighted by Crippen LogP contribution is 2.30. The molecular weight excluding hydrogens is 274 g/mol. The van der Waals surface area contributed by atoms with Gasteiger partial charge in [-0.2, -0.15) is 0 Å². The molecule has 1 aliphatic rings. The molecular formula is C16H22F2N2O. The third-order valence-electron chi connectivity index (χ3n) is 3.69. The molecule has 0 atom stereocenters.